The van der Waals surface area contributed by atoms with Gasteiger partial charge in [-0.15, -0.1) is 0 Å². The van der Waals surface area contributed by atoms with Gasteiger partial charge in [0.2, 0.25) is 5.91 Å². The Hall–Kier alpha value is -0.570. The van der Waals surface area contributed by atoms with E-state index in [0.29, 0.717) is 17.2 Å². The number of hydrogen-bond acceptors (Lipinski definition) is 2. The summed E-state index contributed by atoms with van der Waals surface area (Å²) in [7, 11) is 0. The molecule has 0 bridgehead atoms. The molecule has 18 heavy (non-hydrogen) atoms. The highest BCUT2D eigenvalue weighted by atomic mass is 16.2. The Morgan fingerprint density at radius 2 is 2.11 bits per heavy atom. The van der Waals surface area contributed by atoms with Crippen LogP contribution in [0.2, 0.25) is 0 Å². The molecule has 2 rings (SSSR count). The lowest BCUT2D eigenvalue weighted by Crippen LogP contribution is -2.48. The summed E-state index contributed by atoms with van der Waals surface area (Å²) in [5, 5.41) is 3.43. The second-order valence-electron chi connectivity index (χ2n) is 7.41. The van der Waals surface area contributed by atoms with Crippen LogP contribution in [0.3, 0.4) is 0 Å². The topological polar surface area (TPSA) is 32.3 Å². The normalized spacial score (nSPS) is 28.4. The molecule has 0 radical (unpaired) electrons. The van der Waals surface area contributed by atoms with Gasteiger partial charge in [0.25, 0.3) is 0 Å². The number of piperidine rings is 1. The van der Waals surface area contributed by atoms with Gasteiger partial charge in [-0.1, -0.05) is 27.7 Å². The monoisotopic (exact) mass is 252 g/mol. The molecule has 2 heterocycles. The van der Waals surface area contributed by atoms with Gasteiger partial charge in [0.1, 0.15) is 0 Å². The van der Waals surface area contributed by atoms with Crippen molar-refractivity contribution >= 4 is 5.91 Å². The minimum absolute atomic E-state index is 0.214. The maximum Gasteiger partial charge on any atom is 0.228 e. The molecule has 104 valence electrons. The van der Waals surface area contributed by atoms with E-state index >= 15 is 0 Å². The number of nitrogens with one attached hydrogen (secondary N) is 1. The Morgan fingerprint density at radius 3 is 2.61 bits per heavy atom. The number of likely N-dealkylation sites (tertiary alicyclic amines) is 1. The molecule has 1 N–H and O–H groups in total. The van der Waals surface area contributed by atoms with Crippen LogP contribution in [0.25, 0.3) is 0 Å². The van der Waals surface area contributed by atoms with Gasteiger partial charge in [-0.05, 0) is 43.7 Å². The van der Waals surface area contributed by atoms with Crippen molar-refractivity contribution in [2.75, 3.05) is 26.2 Å². The van der Waals surface area contributed by atoms with Crippen molar-refractivity contribution in [3.63, 3.8) is 0 Å². The number of amides is 1. The molecular formula is C15H28N2O. The SMILES string of the molecule is CC1(C)CCN(C(=O)C(C)(C)C2CCCNC2)C1. The predicted molar refractivity (Wildman–Crippen MR) is 74.4 cm³/mol. The molecule has 3 nitrogen and oxygen atoms in total. The van der Waals surface area contributed by atoms with Crippen LogP contribution in [0.4, 0.5) is 0 Å². The smallest absolute Gasteiger partial charge is 0.228 e. The fourth-order valence-electron chi connectivity index (χ4n) is 3.34. The molecule has 0 saturated carbocycles. The molecule has 0 aromatic rings. The standard InChI is InChI=1S/C15H28N2O/c1-14(2)7-9-17(11-14)13(18)15(3,4)12-6-5-8-16-10-12/h12,16H,5-11H2,1-4H3. The molecule has 2 aliphatic rings. The Kier molecular flexibility index (Phi) is 3.72. The maximum absolute atomic E-state index is 12.8. The molecule has 0 aromatic carbocycles. The zero-order chi connectivity index (χ0) is 13.4. The Balaban J connectivity index is 2.02. The van der Waals surface area contributed by atoms with Gasteiger partial charge in [0.15, 0.2) is 0 Å². The van der Waals surface area contributed by atoms with Gasteiger partial charge in [0, 0.05) is 18.5 Å². The van der Waals surface area contributed by atoms with E-state index in [4.69, 9.17) is 0 Å². The average Bonchev–Trinajstić information content (AvgIpc) is 2.69. The highest BCUT2D eigenvalue weighted by Gasteiger charge is 2.43. The molecule has 0 aliphatic carbocycles. The summed E-state index contributed by atoms with van der Waals surface area (Å²) in [6, 6.07) is 0. The first kappa shape index (κ1) is 13.9. The Morgan fingerprint density at radius 1 is 1.39 bits per heavy atom. The van der Waals surface area contributed by atoms with Crippen LogP contribution in [0.15, 0.2) is 0 Å². The van der Waals surface area contributed by atoms with Crippen molar-refractivity contribution in [3.8, 4) is 0 Å². The summed E-state index contributed by atoms with van der Waals surface area (Å²) in [5.74, 6) is 0.851. The molecule has 2 saturated heterocycles. The minimum Gasteiger partial charge on any atom is -0.342 e. The number of carbonyl (C=O) groups excluding carboxylic acids is 1. The van der Waals surface area contributed by atoms with Gasteiger partial charge < -0.3 is 10.2 Å². The van der Waals surface area contributed by atoms with Crippen LogP contribution in [0.5, 0.6) is 0 Å². The fourth-order valence-corrected chi connectivity index (χ4v) is 3.34. The highest BCUT2D eigenvalue weighted by Crippen LogP contribution is 2.37. The van der Waals surface area contributed by atoms with E-state index in [-0.39, 0.29) is 5.41 Å². The van der Waals surface area contributed by atoms with E-state index in [0.717, 1.165) is 32.6 Å². The number of nitrogens with zero attached hydrogens (tertiary/aromatic N) is 1. The Labute approximate surface area is 111 Å². The number of hydrogen-bond donors (Lipinski definition) is 1. The fraction of sp³-hybridized carbons (Fsp3) is 0.933. The molecule has 2 fully saturated rings. The largest absolute Gasteiger partial charge is 0.342 e. The third kappa shape index (κ3) is 2.71. The van der Waals surface area contributed by atoms with Crippen LogP contribution in [0.1, 0.15) is 47.0 Å². The van der Waals surface area contributed by atoms with Crippen molar-refractivity contribution in [2.24, 2.45) is 16.7 Å². The van der Waals surface area contributed by atoms with Crippen LogP contribution >= 0.6 is 0 Å². The van der Waals surface area contributed by atoms with Crippen molar-refractivity contribution in [1.82, 2.24) is 10.2 Å². The van der Waals surface area contributed by atoms with Crippen molar-refractivity contribution in [3.05, 3.63) is 0 Å². The summed E-state index contributed by atoms with van der Waals surface area (Å²) < 4.78 is 0. The van der Waals surface area contributed by atoms with Crippen molar-refractivity contribution in [2.45, 2.75) is 47.0 Å². The molecule has 1 amide bonds. The highest BCUT2D eigenvalue weighted by molar-refractivity contribution is 5.82. The van der Waals surface area contributed by atoms with Gasteiger partial charge in [-0.2, -0.15) is 0 Å². The average molecular weight is 252 g/mol. The van der Waals surface area contributed by atoms with Crippen LogP contribution in [-0.2, 0) is 4.79 Å². The maximum atomic E-state index is 12.8. The van der Waals surface area contributed by atoms with E-state index in [1.54, 1.807) is 0 Å². The van der Waals surface area contributed by atoms with E-state index in [2.05, 4.69) is 37.9 Å². The minimum atomic E-state index is -0.214. The predicted octanol–water partition coefficient (Wildman–Crippen LogP) is 2.27. The van der Waals surface area contributed by atoms with Crippen LogP contribution in [0, 0.1) is 16.7 Å². The lowest BCUT2D eigenvalue weighted by molar-refractivity contribution is -0.143. The first-order valence-corrected chi connectivity index (χ1v) is 7.33. The van der Waals surface area contributed by atoms with Crippen molar-refractivity contribution < 1.29 is 4.79 Å². The number of rotatable bonds is 2. The molecule has 0 spiro atoms. The number of carbonyl (C=O) groups is 1. The molecule has 1 unspecified atom stereocenters. The lowest BCUT2D eigenvalue weighted by Gasteiger charge is -2.38. The van der Waals surface area contributed by atoms with E-state index < -0.39 is 0 Å². The Bertz CT molecular complexity index is 316. The van der Waals surface area contributed by atoms with Gasteiger partial charge in [-0.3, -0.25) is 4.79 Å². The zero-order valence-corrected chi connectivity index (χ0v) is 12.4. The summed E-state index contributed by atoms with van der Waals surface area (Å²) in [5.41, 5.74) is 0.0877. The molecule has 3 heteroatoms. The van der Waals surface area contributed by atoms with Crippen molar-refractivity contribution in [1.29, 1.82) is 0 Å². The first-order chi connectivity index (χ1) is 8.33. The van der Waals surface area contributed by atoms with Gasteiger partial charge in [0.05, 0.1) is 0 Å². The molecule has 1 atom stereocenters. The summed E-state index contributed by atoms with van der Waals surface area (Å²) in [6.07, 6.45) is 3.52. The quantitative estimate of drug-likeness (QED) is 0.817. The van der Waals surface area contributed by atoms with Crippen LogP contribution < -0.4 is 5.32 Å². The van der Waals surface area contributed by atoms with Crippen LogP contribution in [-0.4, -0.2) is 37.0 Å². The van der Waals surface area contributed by atoms with E-state index in [1.807, 2.05) is 0 Å². The molecular weight excluding hydrogens is 224 g/mol. The summed E-state index contributed by atoms with van der Waals surface area (Å²) in [4.78, 5) is 14.8. The van der Waals surface area contributed by atoms with Gasteiger partial charge in [-0.25, -0.2) is 0 Å². The van der Waals surface area contributed by atoms with E-state index in [1.165, 1.54) is 12.8 Å². The molecule has 0 aromatic heterocycles. The third-order valence-corrected chi connectivity index (χ3v) is 4.83. The van der Waals surface area contributed by atoms with Gasteiger partial charge >= 0.3 is 0 Å². The second-order valence-corrected chi connectivity index (χ2v) is 7.41. The lowest BCUT2D eigenvalue weighted by atomic mass is 9.74. The zero-order valence-electron chi connectivity index (χ0n) is 12.4. The first-order valence-electron chi connectivity index (χ1n) is 7.33. The summed E-state index contributed by atoms with van der Waals surface area (Å²) in [6.45, 7) is 12.8. The molecule has 2 aliphatic heterocycles. The second kappa shape index (κ2) is 4.84. The third-order valence-electron chi connectivity index (χ3n) is 4.83. The van der Waals surface area contributed by atoms with E-state index in [9.17, 15) is 4.79 Å². The summed E-state index contributed by atoms with van der Waals surface area (Å²) >= 11 is 0.